The minimum Gasteiger partial charge on any atom is -0.475 e. The molecule has 0 atom stereocenters. The number of hydrogen-bond donors (Lipinski definition) is 1. The van der Waals surface area contributed by atoms with Gasteiger partial charge in [-0.3, -0.25) is 0 Å². The van der Waals surface area contributed by atoms with Crippen molar-refractivity contribution in [3.8, 4) is 0 Å². The number of urea groups is 1. The zero-order valence-electron chi connectivity index (χ0n) is 5.95. The van der Waals surface area contributed by atoms with Crippen LogP contribution in [0.25, 0.3) is 0 Å². The van der Waals surface area contributed by atoms with E-state index < -0.39 is 18.2 Å². The molecule has 72 valence electrons. The number of carbonyl (C=O) groups excluding carboxylic acids is 1. The van der Waals surface area contributed by atoms with E-state index in [2.05, 4.69) is 9.98 Å². The molecule has 0 aromatic heterocycles. The molecular formula is C5H3F3N2O3. The first-order chi connectivity index (χ1) is 5.84. The second kappa shape index (κ2) is 4.33. The lowest BCUT2D eigenvalue weighted by Gasteiger charge is -1.93. The molecular weight excluding hydrogens is 193 g/mol. The minimum atomic E-state index is -5.08. The van der Waals surface area contributed by atoms with Crippen LogP contribution in [0, 0.1) is 0 Å². The summed E-state index contributed by atoms with van der Waals surface area (Å²) in [6.07, 6.45) is -2.36. The summed E-state index contributed by atoms with van der Waals surface area (Å²) in [5, 5.41) is 7.12. The van der Waals surface area contributed by atoms with Gasteiger partial charge in [0.25, 0.3) is 0 Å². The molecule has 1 aliphatic rings. The fourth-order valence-electron chi connectivity index (χ4n) is 0.228. The fraction of sp³-hybridized carbons (Fsp3) is 0.200. The van der Waals surface area contributed by atoms with E-state index in [-0.39, 0.29) is 0 Å². The zero-order valence-corrected chi connectivity index (χ0v) is 5.95. The van der Waals surface area contributed by atoms with Crippen LogP contribution in [-0.4, -0.2) is 35.7 Å². The third-order valence-electron chi connectivity index (χ3n) is 0.679. The van der Waals surface area contributed by atoms with Crippen molar-refractivity contribution < 1.29 is 27.9 Å². The summed E-state index contributed by atoms with van der Waals surface area (Å²) in [6, 6.07) is -0.407. The number of alkyl halides is 3. The molecule has 1 heterocycles. The number of carboxylic acids is 1. The fourth-order valence-corrected chi connectivity index (χ4v) is 0.228. The van der Waals surface area contributed by atoms with E-state index in [1.54, 1.807) is 0 Å². The molecule has 0 aromatic carbocycles. The Bertz CT molecular complexity index is 255. The van der Waals surface area contributed by atoms with Crippen LogP contribution in [-0.2, 0) is 4.79 Å². The number of amides is 2. The normalized spacial score (nSPS) is 13.9. The third-order valence-corrected chi connectivity index (χ3v) is 0.679. The Morgan fingerprint density at radius 3 is 1.69 bits per heavy atom. The Kier molecular flexibility index (Phi) is 3.76. The van der Waals surface area contributed by atoms with Crippen molar-refractivity contribution in [3.05, 3.63) is 0 Å². The van der Waals surface area contributed by atoms with Gasteiger partial charge in [-0.05, 0) is 0 Å². The van der Waals surface area contributed by atoms with E-state index in [1.165, 1.54) is 12.4 Å². The number of halogens is 3. The van der Waals surface area contributed by atoms with Gasteiger partial charge in [-0.2, -0.15) is 23.2 Å². The molecule has 0 saturated carbocycles. The van der Waals surface area contributed by atoms with E-state index in [0.29, 0.717) is 0 Å². The first-order valence-corrected chi connectivity index (χ1v) is 2.75. The van der Waals surface area contributed by atoms with Gasteiger partial charge in [0.15, 0.2) is 0 Å². The molecule has 0 aromatic rings. The number of carboxylic acid groups (broad SMARTS) is 1. The highest BCUT2D eigenvalue weighted by Gasteiger charge is 2.38. The second-order valence-electron chi connectivity index (χ2n) is 1.64. The van der Waals surface area contributed by atoms with Crippen LogP contribution in [0.2, 0.25) is 0 Å². The number of rotatable bonds is 0. The van der Waals surface area contributed by atoms with Gasteiger partial charge < -0.3 is 5.11 Å². The van der Waals surface area contributed by atoms with Crippen molar-refractivity contribution >= 4 is 24.4 Å². The van der Waals surface area contributed by atoms with Crippen LogP contribution in [0.3, 0.4) is 0 Å². The minimum absolute atomic E-state index is 0.407. The van der Waals surface area contributed by atoms with Crippen molar-refractivity contribution in [2.24, 2.45) is 9.98 Å². The lowest BCUT2D eigenvalue weighted by atomic mass is 10.7. The molecule has 0 unspecified atom stereocenters. The van der Waals surface area contributed by atoms with Crippen molar-refractivity contribution in [2.75, 3.05) is 0 Å². The van der Waals surface area contributed by atoms with Gasteiger partial charge in [-0.1, -0.05) is 0 Å². The predicted octanol–water partition coefficient (Wildman–Crippen LogP) is 0.895. The molecule has 5 nitrogen and oxygen atoms in total. The predicted molar refractivity (Wildman–Crippen MR) is 36.1 cm³/mol. The standard InChI is InChI=1S/C3H2N2O.C2HF3O2/c6-3-4-1-2-5-3;3-2(4,5)1(6)7/h1-2H;(H,6,7). The van der Waals surface area contributed by atoms with E-state index >= 15 is 0 Å². The third kappa shape index (κ3) is 5.53. The monoisotopic (exact) mass is 196 g/mol. The summed E-state index contributed by atoms with van der Waals surface area (Å²) in [5.41, 5.74) is 0. The maximum absolute atomic E-state index is 10.6. The number of aliphatic carboxylic acids is 1. The van der Waals surface area contributed by atoms with Crippen LogP contribution in [0.15, 0.2) is 9.98 Å². The Labute approximate surface area is 69.6 Å². The summed E-state index contributed by atoms with van der Waals surface area (Å²) in [4.78, 5) is 25.2. The van der Waals surface area contributed by atoms with Gasteiger partial charge in [0.2, 0.25) is 0 Å². The Morgan fingerprint density at radius 1 is 1.31 bits per heavy atom. The molecule has 1 N–H and O–H groups in total. The summed E-state index contributed by atoms with van der Waals surface area (Å²) >= 11 is 0. The van der Waals surface area contributed by atoms with Crippen LogP contribution in [0.1, 0.15) is 0 Å². The maximum Gasteiger partial charge on any atom is 0.490 e. The topological polar surface area (TPSA) is 79.1 Å². The molecule has 0 saturated heterocycles. The van der Waals surface area contributed by atoms with Gasteiger partial charge in [0, 0.05) is 0 Å². The molecule has 0 radical (unpaired) electrons. The smallest absolute Gasteiger partial charge is 0.475 e. The van der Waals surface area contributed by atoms with Crippen molar-refractivity contribution in [1.29, 1.82) is 0 Å². The van der Waals surface area contributed by atoms with E-state index in [9.17, 15) is 18.0 Å². The largest absolute Gasteiger partial charge is 0.490 e. The highest BCUT2D eigenvalue weighted by Crippen LogP contribution is 2.13. The molecule has 0 bridgehead atoms. The molecule has 0 aliphatic carbocycles. The van der Waals surface area contributed by atoms with Crippen LogP contribution in [0.5, 0.6) is 0 Å². The number of hydrogen-bond acceptors (Lipinski definition) is 2. The average Bonchev–Trinajstić information content (AvgIpc) is 2.38. The maximum atomic E-state index is 10.6. The van der Waals surface area contributed by atoms with Crippen LogP contribution >= 0.6 is 0 Å². The molecule has 1 rings (SSSR count). The quantitative estimate of drug-likeness (QED) is 0.624. The second-order valence-corrected chi connectivity index (χ2v) is 1.64. The molecule has 0 fully saturated rings. The Balaban J connectivity index is 0.000000223. The Hall–Kier alpha value is -1.73. The highest BCUT2D eigenvalue weighted by molar-refractivity contribution is 6.25. The Morgan fingerprint density at radius 2 is 1.62 bits per heavy atom. The summed E-state index contributed by atoms with van der Waals surface area (Å²) in [5.74, 6) is -2.76. The van der Waals surface area contributed by atoms with Crippen molar-refractivity contribution in [2.45, 2.75) is 6.18 Å². The lowest BCUT2D eigenvalue weighted by molar-refractivity contribution is -0.192. The van der Waals surface area contributed by atoms with Crippen LogP contribution < -0.4 is 0 Å². The lowest BCUT2D eigenvalue weighted by Crippen LogP contribution is -2.21. The molecule has 13 heavy (non-hydrogen) atoms. The first-order valence-electron chi connectivity index (χ1n) is 2.75. The van der Waals surface area contributed by atoms with E-state index in [4.69, 9.17) is 9.90 Å². The molecule has 8 heteroatoms. The first kappa shape index (κ1) is 11.3. The summed E-state index contributed by atoms with van der Waals surface area (Å²) in [7, 11) is 0. The molecule has 2 amide bonds. The average molecular weight is 196 g/mol. The van der Waals surface area contributed by atoms with Gasteiger partial charge in [-0.15, -0.1) is 0 Å². The van der Waals surface area contributed by atoms with E-state index in [0.717, 1.165) is 0 Å². The molecule has 0 spiro atoms. The van der Waals surface area contributed by atoms with Gasteiger partial charge in [-0.25, -0.2) is 9.59 Å². The number of aliphatic imine (C=N–C) groups is 2. The van der Waals surface area contributed by atoms with Gasteiger partial charge in [0.1, 0.15) is 0 Å². The van der Waals surface area contributed by atoms with Crippen molar-refractivity contribution in [3.63, 3.8) is 0 Å². The summed E-state index contributed by atoms with van der Waals surface area (Å²) in [6.45, 7) is 0. The molecule has 1 aliphatic heterocycles. The summed E-state index contributed by atoms with van der Waals surface area (Å²) < 4.78 is 31.7. The van der Waals surface area contributed by atoms with Gasteiger partial charge in [0.05, 0.1) is 12.4 Å². The van der Waals surface area contributed by atoms with Gasteiger partial charge >= 0.3 is 18.2 Å². The number of carbonyl (C=O) groups is 2. The van der Waals surface area contributed by atoms with E-state index in [1.807, 2.05) is 0 Å². The van der Waals surface area contributed by atoms with Crippen molar-refractivity contribution in [1.82, 2.24) is 0 Å². The SMILES string of the molecule is O=C(O)C(F)(F)F.O=C1N=CC=N1. The zero-order chi connectivity index (χ0) is 10.5. The number of nitrogens with zero attached hydrogens (tertiary/aromatic N) is 2. The van der Waals surface area contributed by atoms with Crippen LogP contribution in [0.4, 0.5) is 18.0 Å². The highest BCUT2D eigenvalue weighted by atomic mass is 19.4.